The van der Waals surface area contributed by atoms with Crippen LogP contribution in [0.5, 0.6) is 0 Å². The molecule has 0 aromatic rings. The molecule has 1 saturated heterocycles. The number of aliphatic carboxylic acids is 1. The highest BCUT2D eigenvalue weighted by Gasteiger charge is 2.25. The zero-order valence-electron chi connectivity index (χ0n) is 10.8. The lowest BCUT2D eigenvalue weighted by atomic mass is 10.3. The molecule has 0 spiro atoms. The van der Waals surface area contributed by atoms with Crippen molar-refractivity contribution < 1.29 is 19.4 Å². The number of carbonyl (C=O) groups excluding carboxylic acids is 1. The Morgan fingerprint density at radius 2 is 2.22 bits per heavy atom. The normalized spacial score (nSPS) is 19.9. The van der Waals surface area contributed by atoms with E-state index in [1.165, 1.54) is 0 Å². The Morgan fingerprint density at radius 1 is 1.50 bits per heavy atom. The Balaban J connectivity index is 2.30. The van der Waals surface area contributed by atoms with Crippen molar-refractivity contribution in [3.05, 3.63) is 12.2 Å². The third-order valence-corrected chi connectivity index (χ3v) is 2.63. The highest BCUT2D eigenvalue weighted by Crippen LogP contribution is 2.12. The molecular weight excluding hydrogens is 236 g/mol. The first kappa shape index (κ1) is 14.7. The van der Waals surface area contributed by atoms with E-state index in [0.29, 0.717) is 19.5 Å². The average molecular weight is 256 g/mol. The van der Waals surface area contributed by atoms with Crippen molar-refractivity contribution in [3.8, 4) is 0 Å². The van der Waals surface area contributed by atoms with E-state index in [1.807, 2.05) is 25.1 Å². The van der Waals surface area contributed by atoms with Crippen LogP contribution >= 0.6 is 0 Å². The number of rotatable bonds is 6. The van der Waals surface area contributed by atoms with Gasteiger partial charge in [0.25, 0.3) is 0 Å². The molecule has 1 fully saturated rings. The number of ether oxygens (including phenoxy) is 1. The largest absolute Gasteiger partial charge is 0.480 e. The number of carbonyl (C=O) groups is 2. The number of carboxylic acids is 1. The van der Waals surface area contributed by atoms with Crippen molar-refractivity contribution >= 4 is 11.9 Å². The Labute approximate surface area is 107 Å². The van der Waals surface area contributed by atoms with Gasteiger partial charge in [0.1, 0.15) is 6.61 Å². The van der Waals surface area contributed by atoms with Gasteiger partial charge in [-0.3, -0.25) is 4.79 Å². The van der Waals surface area contributed by atoms with E-state index in [-0.39, 0.29) is 18.6 Å². The van der Waals surface area contributed by atoms with Crippen LogP contribution < -0.4 is 0 Å². The van der Waals surface area contributed by atoms with Gasteiger partial charge in [0.05, 0.1) is 6.10 Å². The molecular formula is C12H20N2O4. The van der Waals surface area contributed by atoms with Crippen LogP contribution in [0.4, 0.5) is 0 Å². The fourth-order valence-corrected chi connectivity index (χ4v) is 1.72. The highest BCUT2D eigenvalue weighted by molar-refractivity contribution is 5.87. The van der Waals surface area contributed by atoms with Gasteiger partial charge >= 0.3 is 5.97 Å². The fourth-order valence-electron chi connectivity index (χ4n) is 1.72. The second-order valence-corrected chi connectivity index (χ2v) is 4.56. The number of hydrogen-bond donors (Lipinski definition) is 1. The zero-order chi connectivity index (χ0) is 13.5. The number of likely N-dealkylation sites (N-methyl/N-ethyl adjacent to an activating group) is 1. The molecule has 6 heteroatoms. The second kappa shape index (κ2) is 7.13. The molecule has 1 aliphatic rings. The molecule has 0 aromatic heterocycles. The smallest absolute Gasteiger partial charge is 0.329 e. The SMILES string of the molecule is CN(C)C/C=C/C(=O)N1CC[C@@H](OCC(=O)O)C1. The molecule has 6 nitrogen and oxygen atoms in total. The van der Waals surface area contributed by atoms with E-state index < -0.39 is 5.97 Å². The minimum atomic E-state index is -0.981. The summed E-state index contributed by atoms with van der Waals surface area (Å²) in [5.74, 6) is -1.02. The van der Waals surface area contributed by atoms with Crippen LogP contribution in [0.2, 0.25) is 0 Å². The molecule has 1 heterocycles. The molecule has 1 aliphatic heterocycles. The average Bonchev–Trinajstić information content (AvgIpc) is 2.74. The van der Waals surface area contributed by atoms with Gasteiger partial charge in [0, 0.05) is 25.7 Å². The fraction of sp³-hybridized carbons (Fsp3) is 0.667. The topological polar surface area (TPSA) is 70.1 Å². The lowest BCUT2D eigenvalue weighted by molar-refractivity contribution is -0.144. The molecule has 0 radical (unpaired) electrons. The van der Waals surface area contributed by atoms with E-state index in [4.69, 9.17) is 9.84 Å². The minimum Gasteiger partial charge on any atom is -0.480 e. The summed E-state index contributed by atoms with van der Waals surface area (Å²) in [6, 6.07) is 0. The van der Waals surface area contributed by atoms with Crippen molar-refractivity contribution in [2.45, 2.75) is 12.5 Å². The van der Waals surface area contributed by atoms with Crippen molar-refractivity contribution in [2.24, 2.45) is 0 Å². The first-order valence-electron chi connectivity index (χ1n) is 5.92. The molecule has 0 aliphatic carbocycles. The van der Waals surface area contributed by atoms with Crippen molar-refractivity contribution in [1.29, 1.82) is 0 Å². The van der Waals surface area contributed by atoms with Crippen LogP contribution in [0.25, 0.3) is 0 Å². The van der Waals surface area contributed by atoms with E-state index in [9.17, 15) is 9.59 Å². The highest BCUT2D eigenvalue weighted by atomic mass is 16.5. The standard InChI is InChI=1S/C12H20N2O4/c1-13(2)6-3-4-11(15)14-7-5-10(8-14)18-9-12(16)17/h3-4,10H,5-9H2,1-2H3,(H,16,17)/b4-3+/t10-/m1/s1. The van der Waals surface area contributed by atoms with Crippen LogP contribution in [0, 0.1) is 0 Å². The summed E-state index contributed by atoms with van der Waals surface area (Å²) in [5.41, 5.74) is 0. The molecule has 0 saturated carbocycles. The lowest BCUT2D eigenvalue weighted by Crippen LogP contribution is -2.29. The van der Waals surface area contributed by atoms with Gasteiger partial charge in [-0.15, -0.1) is 0 Å². The third kappa shape index (κ3) is 5.29. The maximum atomic E-state index is 11.8. The Kier molecular flexibility index (Phi) is 5.80. The Bertz CT molecular complexity index is 328. The third-order valence-electron chi connectivity index (χ3n) is 2.63. The predicted molar refractivity (Wildman–Crippen MR) is 66.3 cm³/mol. The van der Waals surface area contributed by atoms with Crippen molar-refractivity contribution in [3.63, 3.8) is 0 Å². The molecule has 102 valence electrons. The van der Waals surface area contributed by atoms with Crippen LogP contribution in [0.15, 0.2) is 12.2 Å². The zero-order valence-corrected chi connectivity index (χ0v) is 10.8. The van der Waals surface area contributed by atoms with Crippen LogP contribution in [0.3, 0.4) is 0 Å². The van der Waals surface area contributed by atoms with Gasteiger partial charge in [0.15, 0.2) is 0 Å². The molecule has 0 aromatic carbocycles. The van der Waals surface area contributed by atoms with Crippen LogP contribution in [0.1, 0.15) is 6.42 Å². The first-order chi connectivity index (χ1) is 8.49. The molecule has 1 N–H and O–H groups in total. The second-order valence-electron chi connectivity index (χ2n) is 4.56. The van der Waals surface area contributed by atoms with Gasteiger partial charge in [-0.25, -0.2) is 4.79 Å². The van der Waals surface area contributed by atoms with Gasteiger partial charge in [-0.05, 0) is 20.5 Å². The summed E-state index contributed by atoms with van der Waals surface area (Å²) in [6.45, 7) is 1.51. The number of carboxylic acid groups (broad SMARTS) is 1. The lowest BCUT2D eigenvalue weighted by Gasteiger charge is -2.14. The number of likely N-dealkylation sites (tertiary alicyclic amines) is 1. The molecule has 1 atom stereocenters. The summed E-state index contributed by atoms with van der Waals surface area (Å²) in [7, 11) is 3.86. The molecule has 0 bridgehead atoms. The maximum absolute atomic E-state index is 11.8. The van der Waals surface area contributed by atoms with E-state index in [1.54, 1.807) is 11.0 Å². The van der Waals surface area contributed by atoms with Gasteiger partial charge in [0.2, 0.25) is 5.91 Å². The number of hydrogen-bond acceptors (Lipinski definition) is 4. The minimum absolute atomic E-state index is 0.0433. The summed E-state index contributed by atoms with van der Waals surface area (Å²) < 4.78 is 5.16. The van der Waals surface area contributed by atoms with E-state index in [2.05, 4.69) is 0 Å². The van der Waals surface area contributed by atoms with E-state index >= 15 is 0 Å². The summed E-state index contributed by atoms with van der Waals surface area (Å²) in [5, 5.41) is 8.50. The van der Waals surface area contributed by atoms with Gasteiger partial charge < -0.3 is 19.6 Å². The number of nitrogens with zero attached hydrogens (tertiary/aromatic N) is 2. The van der Waals surface area contributed by atoms with Crippen LogP contribution in [-0.2, 0) is 14.3 Å². The molecule has 0 unspecified atom stereocenters. The molecule has 1 amide bonds. The summed E-state index contributed by atoms with van der Waals surface area (Å²) >= 11 is 0. The van der Waals surface area contributed by atoms with Gasteiger partial charge in [-0.2, -0.15) is 0 Å². The maximum Gasteiger partial charge on any atom is 0.329 e. The Morgan fingerprint density at radius 3 is 2.83 bits per heavy atom. The first-order valence-corrected chi connectivity index (χ1v) is 5.92. The molecule has 18 heavy (non-hydrogen) atoms. The quantitative estimate of drug-likeness (QED) is 0.667. The van der Waals surface area contributed by atoms with Crippen molar-refractivity contribution in [1.82, 2.24) is 9.80 Å². The van der Waals surface area contributed by atoms with E-state index in [0.717, 1.165) is 6.54 Å². The van der Waals surface area contributed by atoms with Crippen molar-refractivity contribution in [2.75, 3.05) is 40.3 Å². The summed E-state index contributed by atoms with van der Waals surface area (Å²) in [4.78, 5) is 25.8. The molecule has 1 rings (SSSR count). The summed E-state index contributed by atoms with van der Waals surface area (Å²) in [6.07, 6.45) is 3.90. The monoisotopic (exact) mass is 256 g/mol. The predicted octanol–water partition coefficient (Wildman–Crippen LogP) is -0.194. The van der Waals surface area contributed by atoms with Gasteiger partial charge in [-0.1, -0.05) is 6.08 Å². The van der Waals surface area contributed by atoms with Crippen LogP contribution in [-0.4, -0.2) is 73.2 Å². The Hall–Kier alpha value is -1.40. The number of amides is 1.